The van der Waals surface area contributed by atoms with Crippen LogP contribution < -0.4 is 5.73 Å². The van der Waals surface area contributed by atoms with Crippen molar-refractivity contribution in [2.24, 2.45) is 11.8 Å². The minimum Gasteiger partial charge on any atom is -0.398 e. The Balaban J connectivity index is 0.000000817. The lowest BCUT2D eigenvalue weighted by atomic mass is 9.87. The molecule has 0 radical (unpaired) electrons. The van der Waals surface area contributed by atoms with Gasteiger partial charge in [-0.1, -0.05) is 44.2 Å². The average molecular weight is 393 g/mol. The van der Waals surface area contributed by atoms with Gasteiger partial charge in [0, 0.05) is 12.2 Å². The summed E-state index contributed by atoms with van der Waals surface area (Å²) >= 11 is -0.750. The number of hydrogen-bond acceptors (Lipinski definition) is 4. The minimum absolute atomic E-state index is 0.750. The zero-order chi connectivity index (χ0) is 19.5. The number of nitrogens with two attached hydrogens (primary N) is 1. The number of nitrogen functional groups attached to an aromatic ring is 1. The van der Waals surface area contributed by atoms with Crippen LogP contribution in [0.5, 0.6) is 0 Å². The van der Waals surface area contributed by atoms with E-state index in [2.05, 4.69) is 30.0 Å². The molecule has 5 heteroatoms. The van der Waals surface area contributed by atoms with Crippen molar-refractivity contribution in [1.29, 1.82) is 0 Å². The highest BCUT2D eigenvalue weighted by atomic mass is 32.1. The highest BCUT2D eigenvalue weighted by Gasteiger charge is 2.22. The van der Waals surface area contributed by atoms with Crippen LogP contribution in [0, 0.1) is 18.8 Å². The van der Waals surface area contributed by atoms with Gasteiger partial charge < -0.3 is 10.6 Å². The normalized spacial score (nSPS) is 20.2. The monoisotopic (exact) mass is 392 g/mol. The quantitative estimate of drug-likeness (QED) is 0.765. The molecule has 27 heavy (non-hydrogen) atoms. The molecule has 0 atom stereocenters. The van der Waals surface area contributed by atoms with Crippen LogP contribution in [0.25, 0.3) is 0 Å². The van der Waals surface area contributed by atoms with E-state index in [0.29, 0.717) is 0 Å². The molecule has 2 aliphatic rings. The van der Waals surface area contributed by atoms with Gasteiger partial charge in [0.2, 0.25) is 0 Å². The van der Waals surface area contributed by atoms with E-state index in [0.717, 1.165) is 17.5 Å². The van der Waals surface area contributed by atoms with Crippen LogP contribution >= 0.6 is 0 Å². The fraction of sp³-hybridized carbons (Fsp3) is 0.727. The number of rotatable bonds is 4. The molecule has 1 heterocycles. The summed E-state index contributed by atoms with van der Waals surface area (Å²) in [5, 5.41) is 0. The third kappa shape index (κ3) is 8.14. The third-order valence-electron chi connectivity index (χ3n) is 6.26. The largest absolute Gasteiger partial charge is 0.398 e. The van der Waals surface area contributed by atoms with E-state index in [9.17, 15) is 0 Å². The summed E-state index contributed by atoms with van der Waals surface area (Å²) in [5.74, 6) is 1.79. The Morgan fingerprint density at radius 1 is 0.963 bits per heavy atom. The van der Waals surface area contributed by atoms with E-state index < -0.39 is 11.6 Å². The first kappa shape index (κ1) is 22.1. The summed E-state index contributed by atoms with van der Waals surface area (Å²) in [7, 11) is 0. The molecular formula is C22H36N2O2S. The molecule has 3 rings (SSSR count). The van der Waals surface area contributed by atoms with Gasteiger partial charge in [0.25, 0.3) is 0 Å². The summed E-state index contributed by atoms with van der Waals surface area (Å²) in [6.07, 6.45) is 14.2. The maximum absolute atomic E-state index is 8.29. The summed E-state index contributed by atoms with van der Waals surface area (Å²) in [6.45, 7) is 6.08. The van der Waals surface area contributed by atoms with Gasteiger partial charge in [-0.05, 0) is 81.1 Å². The maximum Gasteiger partial charge on any atom is 0.335 e. The van der Waals surface area contributed by atoms with Gasteiger partial charge in [0.1, 0.15) is 0 Å². The Labute approximate surface area is 168 Å². The van der Waals surface area contributed by atoms with Gasteiger partial charge in [-0.15, -0.1) is 0 Å². The van der Waals surface area contributed by atoms with Crippen molar-refractivity contribution in [3.8, 4) is 0 Å². The topological polar surface area (TPSA) is 63.4 Å². The van der Waals surface area contributed by atoms with Crippen molar-refractivity contribution in [3.63, 3.8) is 0 Å². The Morgan fingerprint density at radius 2 is 1.56 bits per heavy atom. The zero-order valence-electron chi connectivity index (χ0n) is 16.8. The number of likely N-dealkylation sites (tertiary alicyclic amines) is 1. The lowest BCUT2D eigenvalue weighted by Crippen LogP contribution is -2.37. The lowest BCUT2D eigenvalue weighted by Gasteiger charge is -2.35. The molecule has 0 amide bonds. The van der Waals surface area contributed by atoms with Crippen molar-refractivity contribution < 1.29 is 8.42 Å². The van der Waals surface area contributed by atoms with Crippen molar-refractivity contribution >= 4 is 17.3 Å². The molecule has 152 valence electrons. The Morgan fingerprint density at radius 3 is 2.15 bits per heavy atom. The van der Waals surface area contributed by atoms with E-state index in [-0.39, 0.29) is 0 Å². The first-order valence-corrected chi connectivity index (χ1v) is 11.3. The molecule has 4 nitrogen and oxygen atoms in total. The predicted molar refractivity (Wildman–Crippen MR) is 113 cm³/mol. The van der Waals surface area contributed by atoms with Gasteiger partial charge in [-0.2, -0.15) is 8.42 Å². The van der Waals surface area contributed by atoms with Crippen molar-refractivity contribution in [2.45, 2.75) is 71.1 Å². The van der Waals surface area contributed by atoms with Crippen molar-refractivity contribution in [3.05, 3.63) is 29.3 Å². The molecule has 1 aliphatic heterocycles. The molecular weight excluding hydrogens is 356 g/mol. The second-order valence-corrected chi connectivity index (χ2v) is 8.57. The third-order valence-corrected chi connectivity index (χ3v) is 6.26. The molecule has 0 unspecified atom stereocenters. The van der Waals surface area contributed by atoms with Crippen LogP contribution in [0.1, 0.15) is 68.9 Å². The fourth-order valence-electron chi connectivity index (χ4n) is 4.67. The van der Waals surface area contributed by atoms with Crippen LogP contribution in [-0.4, -0.2) is 33.0 Å². The minimum atomic E-state index is -0.750. The summed E-state index contributed by atoms with van der Waals surface area (Å²) in [4.78, 5) is 2.75. The van der Waals surface area contributed by atoms with Gasteiger partial charge in [0.05, 0.1) is 0 Å². The Hall–Kier alpha value is -1.20. The Bertz CT molecular complexity index is 586. The van der Waals surface area contributed by atoms with Crippen LogP contribution in [0.3, 0.4) is 0 Å². The molecule has 1 aliphatic carbocycles. The first-order chi connectivity index (χ1) is 13.1. The number of piperidine rings is 1. The molecule has 1 aromatic carbocycles. The molecule has 1 aromatic rings. The van der Waals surface area contributed by atoms with E-state index >= 15 is 0 Å². The zero-order valence-corrected chi connectivity index (χ0v) is 17.6. The molecule has 0 aromatic heterocycles. The molecule has 1 saturated heterocycles. The number of anilines is 1. The highest BCUT2D eigenvalue weighted by molar-refractivity contribution is 7.51. The summed E-state index contributed by atoms with van der Waals surface area (Å²) in [5.41, 5.74) is 9.83. The number of nitrogens with zero attached hydrogens (tertiary/aromatic N) is 1. The van der Waals surface area contributed by atoms with E-state index in [1.54, 1.807) is 0 Å². The average Bonchev–Trinajstić information content (AvgIpc) is 2.62. The molecule has 2 N–H and O–H groups in total. The van der Waals surface area contributed by atoms with Crippen LogP contribution in [0.2, 0.25) is 0 Å². The van der Waals surface area contributed by atoms with Gasteiger partial charge in [-0.25, -0.2) is 0 Å². The number of aryl methyl sites for hydroxylation is 1. The lowest BCUT2D eigenvalue weighted by molar-refractivity contribution is 0.149. The SMILES string of the molecule is Cc1ccc(CC2CCN(CC3CCCCCCC3)CC2)c(N)c1.O=S=O. The van der Waals surface area contributed by atoms with E-state index in [1.165, 1.54) is 95.0 Å². The van der Waals surface area contributed by atoms with Crippen molar-refractivity contribution in [1.82, 2.24) is 4.90 Å². The molecule has 0 bridgehead atoms. The molecule has 2 fully saturated rings. The summed E-state index contributed by atoms with van der Waals surface area (Å²) < 4.78 is 16.6. The van der Waals surface area contributed by atoms with Gasteiger partial charge in [-0.3, -0.25) is 0 Å². The smallest absolute Gasteiger partial charge is 0.335 e. The van der Waals surface area contributed by atoms with Crippen LogP contribution in [0.15, 0.2) is 18.2 Å². The second kappa shape index (κ2) is 12.3. The van der Waals surface area contributed by atoms with Crippen LogP contribution in [-0.2, 0) is 18.0 Å². The highest BCUT2D eigenvalue weighted by Crippen LogP contribution is 2.28. The van der Waals surface area contributed by atoms with Gasteiger partial charge >= 0.3 is 11.6 Å². The van der Waals surface area contributed by atoms with Crippen LogP contribution in [0.4, 0.5) is 5.69 Å². The summed E-state index contributed by atoms with van der Waals surface area (Å²) in [6, 6.07) is 6.57. The molecule has 0 spiro atoms. The fourth-order valence-corrected chi connectivity index (χ4v) is 4.67. The predicted octanol–water partition coefficient (Wildman–Crippen LogP) is 4.52. The second-order valence-electron chi connectivity index (χ2n) is 8.43. The molecule has 1 saturated carbocycles. The van der Waals surface area contributed by atoms with Gasteiger partial charge in [0.15, 0.2) is 0 Å². The number of hydrogen-bond donors (Lipinski definition) is 1. The standard InChI is InChI=1S/C22H36N2.O2S/c1-18-9-10-21(22(23)15-18)16-19-11-13-24(14-12-19)17-20-7-5-3-2-4-6-8-20;1-3-2/h9-10,15,19-20H,2-8,11-14,16-17,23H2,1H3;. The first-order valence-electron chi connectivity index (χ1n) is 10.6. The maximum atomic E-state index is 8.29. The van der Waals surface area contributed by atoms with Crippen molar-refractivity contribution in [2.75, 3.05) is 25.4 Å². The number of benzene rings is 1. The van der Waals surface area contributed by atoms with E-state index in [4.69, 9.17) is 14.2 Å². The Kier molecular flexibility index (Phi) is 10.1. The van der Waals surface area contributed by atoms with E-state index in [1.807, 2.05) is 0 Å².